The maximum absolute atomic E-state index is 13.8. The number of unbranched alkanes of at least 4 members (excludes halogenated alkanes) is 1. The van der Waals surface area contributed by atoms with Gasteiger partial charge < -0.3 is 24.3 Å². The molecule has 0 aliphatic carbocycles. The van der Waals surface area contributed by atoms with Crippen molar-refractivity contribution in [3.8, 4) is 22.5 Å². The number of pyridine rings is 1. The molecule has 2 saturated heterocycles. The van der Waals surface area contributed by atoms with Crippen LogP contribution in [0.2, 0.25) is 0 Å². The molecular formula is C44H60N8O5S. The van der Waals surface area contributed by atoms with Crippen LogP contribution < -0.4 is 15.6 Å². The smallest absolute Gasteiger partial charge is 0.324 e. The Bertz CT molecular complexity index is 2120. The number of hydrogen-bond acceptors (Lipinski definition) is 11. The summed E-state index contributed by atoms with van der Waals surface area (Å²) in [6, 6.07) is 7.32. The number of piperazine rings is 1. The molecule has 312 valence electrons. The lowest BCUT2D eigenvalue weighted by molar-refractivity contribution is -0.155. The molecule has 2 N–H and O–H groups in total. The van der Waals surface area contributed by atoms with Crippen LogP contribution in [-0.2, 0) is 43.2 Å². The number of carbonyl (C=O) groups is 3. The molecule has 0 radical (unpaired) electrons. The van der Waals surface area contributed by atoms with E-state index in [0.717, 1.165) is 94.6 Å². The summed E-state index contributed by atoms with van der Waals surface area (Å²) in [6.45, 7) is 18.6. The van der Waals surface area contributed by atoms with E-state index in [1.54, 1.807) is 7.11 Å². The molecule has 2 amide bonds. The third kappa shape index (κ3) is 8.95. The van der Waals surface area contributed by atoms with Crippen LogP contribution in [0.15, 0.2) is 35.8 Å². The zero-order valence-corrected chi connectivity index (χ0v) is 36.0. The number of cyclic esters (lactones) is 1. The van der Waals surface area contributed by atoms with Gasteiger partial charge >= 0.3 is 5.97 Å². The Morgan fingerprint density at radius 3 is 2.66 bits per heavy atom. The highest BCUT2D eigenvalue weighted by atomic mass is 32.1. The summed E-state index contributed by atoms with van der Waals surface area (Å²) < 4.78 is 14.5. The molecule has 14 heteroatoms. The van der Waals surface area contributed by atoms with Gasteiger partial charge in [0.25, 0.3) is 5.91 Å². The van der Waals surface area contributed by atoms with E-state index in [2.05, 4.69) is 84.0 Å². The van der Waals surface area contributed by atoms with Gasteiger partial charge in [-0.05, 0) is 69.8 Å². The SMILES string of the molecule is CCCCN1CCN(c2cnc([C@H](C)OC)c(-c3c4c5cc(ccc5n3CC)-c3csc(n3)C[C@H](NC(C)=O)C(=O)N3CCC[C@H](N3)C(=O)OCC(C)(C)C4)c2)CC1. The van der Waals surface area contributed by atoms with E-state index >= 15 is 0 Å². The van der Waals surface area contributed by atoms with Gasteiger partial charge in [0.15, 0.2) is 0 Å². The van der Waals surface area contributed by atoms with Gasteiger partial charge in [-0.3, -0.25) is 29.3 Å². The highest BCUT2D eigenvalue weighted by molar-refractivity contribution is 7.10. The van der Waals surface area contributed by atoms with Gasteiger partial charge in [0.05, 0.1) is 46.7 Å². The Hall–Kier alpha value is -4.37. The van der Waals surface area contributed by atoms with E-state index < -0.39 is 23.5 Å². The summed E-state index contributed by atoms with van der Waals surface area (Å²) in [6.07, 6.45) is 6.19. The van der Waals surface area contributed by atoms with Crippen molar-refractivity contribution in [2.75, 3.05) is 57.9 Å². The molecule has 7 rings (SSSR count). The van der Waals surface area contributed by atoms with Crippen LogP contribution in [-0.4, -0.2) is 107 Å². The highest BCUT2D eigenvalue weighted by Crippen LogP contribution is 2.43. The van der Waals surface area contributed by atoms with Crippen molar-refractivity contribution in [2.45, 2.75) is 105 Å². The molecule has 2 fully saturated rings. The quantitative estimate of drug-likeness (QED) is 0.190. The molecule has 13 nitrogen and oxygen atoms in total. The van der Waals surface area contributed by atoms with E-state index in [4.69, 9.17) is 19.4 Å². The minimum atomic E-state index is -0.843. The average molecular weight is 813 g/mol. The molecule has 3 aromatic heterocycles. The monoisotopic (exact) mass is 812 g/mol. The van der Waals surface area contributed by atoms with Crippen LogP contribution in [0.25, 0.3) is 33.4 Å². The number of benzene rings is 1. The summed E-state index contributed by atoms with van der Waals surface area (Å²) in [7, 11) is 1.73. The molecule has 0 saturated carbocycles. The van der Waals surface area contributed by atoms with Crippen LogP contribution in [0.1, 0.15) is 89.6 Å². The first-order chi connectivity index (χ1) is 27.9. The number of thiazole rings is 1. The number of aryl methyl sites for hydroxylation is 1. The fourth-order valence-corrected chi connectivity index (χ4v) is 9.48. The second kappa shape index (κ2) is 17.9. The molecule has 58 heavy (non-hydrogen) atoms. The van der Waals surface area contributed by atoms with Crippen LogP contribution >= 0.6 is 11.3 Å². The largest absolute Gasteiger partial charge is 0.464 e. The van der Waals surface area contributed by atoms with Gasteiger partial charge in [0.2, 0.25) is 5.91 Å². The molecule has 0 spiro atoms. The fraction of sp³-hybridized carbons (Fsp3) is 0.568. The average Bonchev–Trinajstić information content (AvgIpc) is 3.82. The van der Waals surface area contributed by atoms with Gasteiger partial charge in [-0.1, -0.05) is 33.3 Å². The van der Waals surface area contributed by atoms with Crippen molar-refractivity contribution in [2.24, 2.45) is 5.41 Å². The third-order valence-corrected chi connectivity index (χ3v) is 12.7. The molecule has 1 aromatic carbocycles. The molecule has 3 atom stereocenters. The van der Waals surface area contributed by atoms with Gasteiger partial charge in [-0.2, -0.15) is 0 Å². The Labute approximate surface area is 346 Å². The lowest BCUT2D eigenvalue weighted by atomic mass is 9.84. The number of methoxy groups -OCH3 is 1. The van der Waals surface area contributed by atoms with Crippen molar-refractivity contribution < 1.29 is 23.9 Å². The molecule has 6 bridgehead atoms. The number of hydrazine groups is 1. The number of amides is 2. The number of fused-ring (bicyclic) bond motifs is 6. The lowest BCUT2D eigenvalue weighted by Gasteiger charge is -2.36. The number of nitrogens with zero attached hydrogens (tertiary/aromatic N) is 6. The minimum absolute atomic E-state index is 0.182. The van der Waals surface area contributed by atoms with Crippen molar-refractivity contribution in [3.63, 3.8) is 0 Å². The number of hydrogen-bond donors (Lipinski definition) is 2. The standard InChI is InChI=1S/C44H60N8O5S/c1-8-10-15-49-17-19-50(20-18-49)31-22-33(40(45-25-31)28(3)56-7)41-34-24-44(5,6)27-57-43(55)35-12-11-16-52(48-35)42(54)36(46-29(4)53)23-39-47-37(26-58-39)30-13-14-38(32(34)21-30)51(41)9-2/h13-14,21-22,25-26,28,35-36,48H,8-12,15-20,23-24,27H2,1-7H3,(H,46,53)/t28-,35-,36-/m0/s1. The van der Waals surface area contributed by atoms with Crippen molar-refractivity contribution >= 4 is 45.7 Å². The molecular weight excluding hydrogens is 753 g/mol. The fourth-order valence-electron chi connectivity index (χ4n) is 8.63. The normalized spacial score (nSPS) is 21.2. The molecule has 3 aliphatic rings. The van der Waals surface area contributed by atoms with Gasteiger partial charge in [-0.15, -0.1) is 11.3 Å². The topological polar surface area (TPSA) is 134 Å². The summed E-state index contributed by atoms with van der Waals surface area (Å²) >= 11 is 1.47. The summed E-state index contributed by atoms with van der Waals surface area (Å²) in [4.78, 5) is 55.0. The molecule has 3 aliphatic heterocycles. The van der Waals surface area contributed by atoms with Crippen LogP contribution in [0.3, 0.4) is 0 Å². The maximum atomic E-state index is 13.8. The van der Waals surface area contributed by atoms with E-state index in [0.29, 0.717) is 25.8 Å². The van der Waals surface area contributed by atoms with Crippen molar-refractivity contribution in [1.82, 2.24) is 35.2 Å². The lowest BCUT2D eigenvalue weighted by Crippen LogP contribution is -2.60. The first kappa shape index (κ1) is 41.8. The second-order valence-electron chi connectivity index (χ2n) is 16.8. The van der Waals surface area contributed by atoms with Crippen molar-refractivity contribution in [3.05, 3.63) is 52.1 Å². The second-order valence-corrected chi connectivity index (χ2v) is 17.8. The van der Waals surface area contributed by atoms with Crippen LogP contribution in [0.4, 0.5) is 5.69 Å². The number of carbonyl (C=O) groups excluding carboxylic acids is 3. The number of nitrogens with one attached hydrogen (secondary N) is 2. The van der Waals surface area contributed by atoms with Crippen LogP contribution in [0.5, 0.6) is 0 Å². The van der Waals surface area contributed by atoms with Crippen molar-refractivity contribution in [1.29, 1.82) is 0 Å². The molecule has 6 heterocycles. The first-order valence-electron chi connectivity index (χ1n) is 21.0. The number of ether oxygens (including phenoxy) is 2. The molecule has 0 unspecified atom stereocenters. The predicted octanol–water partition coefficient (Wildman–Crippen LogP) is 6.14. The summed E-state index contributed by atoms with van der Waals surface area (Å²) in [5, 5.41) is 8.16. The third-order valence-electron chi connectivity index (χ3n) is 11.8. The number of aromatic nitrogens is 3. The number of esters is 1. The number of anilines is 1. The van der Waals surface area contributed by atoms with E-state index in [1.165, 1.54) is 36.1 Å². The first-order valence-corrected chi connectivity index (χ1v) is 21.9. The van der Waals surface area contributed by atoms with Gasteiger partial charge in [0, 0.05) is 92.5 Å². The Balaban J connectivity index is 1.36. The summed E-state index contributed by atoms with van der Waals surface area (Å²) in [5.74, 6) is -1.01. The van der Waals surface area contributed by atoms with Crippen LogP contribution in [0, 0.1) is 5.41 Å². The predicted molar refractivity (Wildman–Crippen MR) is 229 cm³/mol. The van der Waals surface area contributed by atoms with E-state index in [-0.39, 0.29) is 30.9 Å². The van der Waals surface area contributed by atoms with Gasteiger partial charge in [0.1, 0.15) is 12.1 Å². The molecule has 4 aromatic rings. The minimum Gasteiger partial charge on any atom is -0.464 e. The summed E-state index contributed by atoms with van der Waals surface area (Å²) in [5.41, 5.74) is 10.8. The zero-order valence-electron chi connectivity index (χ0n) is 35.2. The Kier molecular flexibility index (Phi) is 12.9. The van der Waals surface area contributed by atoms with E-state index in [1.807, 2.05) is 11.6 Å². The van der Waals surface area contributed by atoms with E-state index in [9.17, 15) is 14.4 Å². The Morgan fingerprint density at radius 1 is 1.14 bits per heavy atom. The highest BCUT2D eigenvalue weighted by Gasteiger charge is 2.35. The maximum Gasteiger partial charge on any atom is 0.324 e. The number of rotatable bonds is 9. The van der Waals surface area contributed by atoms with Gasteiger partial charge in [-0.25, -0.2) is 10.4 Å². The zero-order chi connectivity index (χ0) is 41.1. The Morgan fingerprint density at radius 2 is 1.93 bits per heavy atom.